The van der Waals surface area contributed by atoms with Gasteiger partial charge in [-0.2, -0.15) is 0 Å². The summed E-state index contributed by atoms with van der Waals surface area (Å²) in [5.41, 5.74) is 4.28. The van der Waals surface area contributed by atoms with Crippen molar-refractivity contribution >= 4 is 17.5 Å². The number of nitrogens with one attached hydrogen (secondary N) is 1. The maximum absolute atomic E-state index is 13.0. The van der Waals surface area contributed by atoms with Crippen LogP contribution in [0, 0.1) is 6.92 Å². The lowest BCUT2D eigenvalue weighted by Gasteiger charge is -2.32. The summed E-state index contributed by atoms with van der Waals surface area (Å²) in [7, 11) is 0. The number of piperidine rings is 1. The Hall–Kier alpha value is -3.76. The van der Waals surface area contributed by atoms with E-state index in [4.69, 9.17) is 9.15 Å². The number of β-amino-alcohol motifs (C(OH)–C–C–N with tert-alkyl or cyclic N) is 1. The highest BCUT2D eigenvalue weighted by atomic mass is 16.5. The van der Waals surface area contributed by atoms with E-state index in [2.05, 4.69) is 33.2 Å². The molecule has 2 aliphatic rings. The van der Waals surface area contributed by atoms with Crippen LogP contribution < -0.4 is 10.1 Å². The Bertz CT molecular complexity index is 1350. The van der Waals surface area contributed by atoms with E-state index < -0.39 is 6.10 Å². The molecule has 2 aliphatic heterocycles. The number of benzene rings is 1. The number of carbonyl (C=O) groups excluding carboxylic acids is 2. The molecule has 4 heterocycles. The first-order valence-electron chi connectivity index (χ1n) is 14.9. The molecule has 1 fully saturated rings. The quantitative estimate of drug-likeness (QED) is 0.307. The third-order valence-electron chi connectivity index (χ3n) is 8.33. The highest BCUT2D eigenvalue weighted by Crippen LogP contribution is 2.30. The Morgan fingerprint density at radius 1 is 1.21 bits per heavy atom. The van der Waals surface area contributed by atoms with Gasteiger partial charge in [0, 0.05) is 63.4 Å². The lowest BCUT2D eigenvalue weighted by Crippen LogP contribution is -2.42. The molecule has 0 saturated carbocycles. The molecule has 0 radical (unpaired) electrons. The van der Waals surface area contributed by atoms with E-state index in [1.165, 1.54) is 17.5 Å². The van der Waals surface area contributed by atoms with E-state index in [1.807, 2.05) is 17.9 Å². The van der Waals surface area contributed by atoms with Crippen molar-refractivity contribution < 1.29 is 23.8 Å². The molecule has 42 heavy (non-hydrogen) atoms. The molecular weight excluding hydrogens is 534 g/mol. The zero-order valence-electron chi connectivity index (χ0n) is 24.6. The van der Waals surface area contributed by atoms with Gasteiger partial charge in [-0.3, -0.25) is 14.5 Å². The number of oxazole rings is 1. The van der Waals surface area contributed by atoms with Crippen molar-refractivity contribution in [3.8, 4) is 5.75 Å². The van der Waals surface area contributed by atoms with Crippen molar-refractivity contribution in [3.05, 3.63) is 71.1 Å². The Morgan fingerprint density at radius 3 is 2.81 bits per heavy atom. The van der Waals surface area contributed by atoms with Crippen molar-refractivity contribution in [2.75, 3.05) is 31.5 Å². The Morgan fingerprint density at radius 2 is 2.05 bits per heavy atom. The number of Topliss-reactive ketones (excluding diaryl/α,β-unsaturated/α-hetero) is 1. The number of ether oxygens (including phenoxy) is 1. The molecule has 1 amide bonds. The number of hydrogen-bond acceptors (Lipinski definition) is 9. The molecule has 224 valence electrons. The van der Waals surface area contributed by atoms with Crippen LogP contribution in [0.5, 0.6) is 5.75 Å². The Labute approximate surface area is 247 Å². The number of amides is 1. The molecule has 3 aromatic rings. The average Bonchev–Trinajstić information content (AvgIpc) is 3.53. The molecular formula is C32H41N5O5. The van der Waals surface area contributed by atoms with Crippen LogP contribution in [0.2, 0.25) is 0 Å². The van der Waals surface area contributed by atoms with Crippen LogP contribution in [0.1, 0.15) is 71.8 Å². The fraction of sp³-hybridized carbons (Fsp3) is 0.500. The van der Waals surface area contributed by atoms with Crippen LogP contribution in [-0.2, 0) is 24.4 Å². The highest BCUT2D eigenvalue weighted by Gasteiger charge is 2.24. The standard InChI is InChI=1S/C32H41N5O5/c1-3-32(40)37-14-9-25(10-15-37)35-31-16-23(8-12-34-31)29(39)6-5-26(38)19-36-13-11-28-22(2)30(7-4-24(28)18-36)41-20-27-17-33-21-42-27/h4,7-8,12,16-17,21,25-26,38H,3,5-6,9-11,13-15,18-20H2,1-2H3,(H,34,35)/t26-/m0/s1. The van der Waals surface area contributed by atoms with Gasteiger partial charge in [-0.1, -0.05) is 13.0 Å². The number of pyridine rings is 1. The zero-order chi connectivity index (χ0) is 29.5. The van der Waals surface area contributed by atoms with Crippen LogP contribution in [0.15, 0.2) is 47.5 Å². The van der Waals surface area contributed by atoms with Crippen molar-refractivity contribution in [1.29, 1.82) is 0 Å². The molecule has 0 aliphatic carbocycles. The van der Waals surface area contributed by atoms with E-state index >= 15 is 0 Å². The molecule has 5 rings (SSSR count). The van der Waals surface area contributed by atoms with Gasteiger partial charge in [0.25, 0.3) is 0 Å². The molecule has 1 atom stereocenters. The van der Waals surface area contributed by atoms with Gasteiger partial charge in [0.2, 0.25) is 5.91 Å². The number of anilines is 1. The van der Waals surface area contributed by atoms with Gasteiger partial charge < -0.3 is 24.5 Å². The lowest BCUT2D eigenvalue weighted by molar-refractivity contribution is -0.131. The van der Waals surface area contributed by atoms with Gasteiger partial charge >= 0.3 is 0 Å². The molecule has 2 aromatic heterocycles. The van der Waals surface area contributed by atoms with Crippen LogP contribution in [0.3, 0.4) is 0 Å². The van der Waals surface area contributed by atoms with Crippen molar-refractivity contribution in [1.82, 2.24) is 19.8 Å². The summed E-state index contributed by atoms with van der Waals surface area (Å²) in [4.78, 5) is 37.4. The van der Waals surface area contributed by atoms with Crippen molar-refractivity contribution in [2.45, 2.75) is 77.7 Å². The fourth-order valence-corrected chi connectivity index (χ4v) is 5.87. The number of aromatic nitrogens is 2. The van der Waals surface area contributed by atoms with E-state index in [9.17, 15) is 14.7 Å². The predicted molar refractivity (Wildman–Crippen MR) is 158 cm³/mol. The van der Waals surface area contributed by atoms with Gasteiger partial charge in [-0.25, -0.2) is 9.97 Å². The van der Waals surface area contributed by atoms with E-state index in [0.29, 0.717) is 43.1 Å². The molecule has 0 bridgehead atoms. The number of rotatable bonds is 12. The number of nitrogens with zero attached hydrogens (tertiary/aromatic N) is 4. The van der Waals surface area contributed by atoms with Crippen LogP contribution in [0.4, 0.5) is 5.82 Å². The monoisotopic (exact) mass is 575 g/mol. The number of aliphatic hydroxyl groups is 1. The minimum atomic E-state index is -0.587. The topological polar surface area (TPSA) is 121 Å². The Balaban J connectivity index is 1.07. The number of aliphatic hydroxyl groups excluding tert-OH is 1. The predicted octanol–water partition coefficient (Wildman–Crippen LogP) is 4.15. The zero-order valence-corrected chi connectivity index (χ0v) is 24.6. The molecule has 1 aromatic carbocycles. The number of fused-ring (bicyclic) bond motifs is 1. The van der Waals surface area contributed by atoms with E-state index in [1.54, 1.807) is 24.5 Å². The maximum Gasteiger partial charge on any atom is 0.222 e. The summed E-state index contributed by atoms with van der Waals surface area (Å²) in [6.07, 6.45) is 7.93. The van der Waals surface area contributed by atoms with Gasteiger partial charge in [-0.15, -0.1) is 0 Å². The first-order valence-corrected chi connectivity index (χ1v) is 14.9. The fourth-order valence-electron chi connectivity index (χ4n) is 5.87. The molecule has 2 N–H and O–H groups in total. The summed E-state index contributed by atoms with van der Waals surface area (Å²) in [5, 5.41) is 14.2. The first kappa shape index (κ1) is 29.7. The highest BCUT2D eigenvalue weighted by molar-refractivity contribution is 5.96. The summed E-state index contributed by atoms with van der Waals surface area (Å²) < 4.78 is 11.2. The summed E-state index contributed by atoms with van der Waals surface area (Å²) in [6, 6.07) is 7.85. The van der Waals surface area contributed by atoms with Crippen LogP contribution in [0.25, 0.3) is 0 Å². The SMILES string of the molecule is CCC(=O)N1CCC(Nc2cc(C(=O)CC[C@H](O)CN3CCc4c(ccc(OCc5cnco5)c4C)C3)ccn2)CC1. The third-order valence-corrected chi connectivity index (χ3v) is 8.33. The van der Waals surface area contributed by atoms with E-state index in [-0.39, 0.29) is 24.2 Å². The smallest absolute Gasteiger partial charge is 0.222 e. The van der Waals surface area contributed by atoms with Crippen LogP contribution >= 0.6 is 0 Å². The van der Waals surface area contributed by atoms with Crippen molar-refractivity contribution in [3.63, 3.8) is 0 Å². The second kappa shape index (κ2) is 13.9. The average molecular weight is 576 g/mol. The summed E-state index contributed by atoms with van der Waals surface area (Å²) in [5.74, 6) is 2.41. The summed E-state index contributed by atoms with van der Waals surface area (Å²) in [6.45, 7) is 7.92. The van der Waals surface area contributed by atoms with Crippen LogP contribution in [-0.4, -0.2) is 74.9 Å². The summed E-state index contributed by atoms with van der Waals surface area (Å²) >= 11 is 0. The number of ketones is 1. The normalized spacial score (nSPS) is 16.6. The molecule has 0 spiro atoms. The maximum atomic E-state index is 13.0. The largest absolute Gasteiger partial charge is 0.485 e. The van der Waals surface area contributed by atoms with Gasteiger partial charge in [0.1, 0.15) is 18.2 Å². The second-order valence-electron chi connectivity index (χ2n) is 11.3. The number of carbonyl (C=O) groups is 2. The lowest BCUT2D eigenvalue weighted by atomic mass is 9.94. The molecule has 10 heteroatoms. The van der Waals surface area contributed by atoms with Gasteiger partial charge in [-0.05, 0) is 67.5 Å². The minimum Gasteiger partial charge on any atom is -0.485 e. The molecule has 1 saturated heterocycles. The number of hydrogen-bond donors (Lipinski definition) is 2. The minimum absolute atomic E-state index is 0.000311. The third kappa shape index (κ3) is 7.54. The van der Waals surface area contributed by atoms with Gasteiger partial charge in [0.15, 0.2) is 17.9 Å². The number of likely N-dealkylation sites (tertiary alicyclic amines) is 1. The first-order chi connectivity index (χ1) is 20.4. The van der Waals surface area contributed by atoms with Crippen molar-refractivity contribution in [2.24, 2.45) is 0 Å². The van der Waals surface area contributed by atoms with Gasteiger partial charge in [0.05, 0.1) is 12.3 Å². The molecule has 10 nitrogen and oxygen atoms in total. The second-order valence-corrected chi connectivity index (χ2v) is 11.3. The Kier molecular flexibility index (Phi) is 9.86. The molecule has 0 unspecified atom stereocenters. The van der Waals surface area contributed by atoms with E-state index in [0.717, 1.165) is 56.8 Å².